The molecule has 0 spiro atoms. The Bertz CT molecular complexity index is 950. The fraction of sp³-hybridized carbons (Fsp3) is 0.609. The van der Waals surface area contributed by atoms with E-state index in [-0.39, 0.29) is 24.1 Å². The molecule has 2 aliphatic rings. The maximum Gasteiger partial charge on any atom is 0.257 e. The van der Waals surface area contributed by atoms with Crippen LogP contribution >= 0.6 is 0 Å². The number of hydrogen-bond acceptors (Lipinski definition) is 5. The molecule has 0 unspecified atom stereocenters. The van der Waals surface area contributed by atoms with Crippen molar-refractivity contribution in [2.45, 2.75) is 90.8 Å². The van der Waals surface area contributed by atoms with Crippen LogP contribution in [0.3, 0.4) is 0 Å². The Labute approximate surface area is 176 Å². The van der Waals surface area contributed by atoms with E-state index in [4.69, 9.17) is 9.26 Å². The third-order valence-corrected chi connectivity index (χ3v) is 6.40. The van der Waals surface area contributed by atoms with Gasteiger partial charge in [-0.2, -0.15) is 0 Å². The van der Waals surface area contributed by atoms with Crippen LogP contribution in [0.25, 0.3) is 0 Å². The fourth-order valence-electron chi connectivity index (χ4n) is 4.64. The molecule has 1 amide bonds. The minimum atomic E-state index is -0.124. The average molecular weight is 414 g/mol. The van der Waals surface area contributed by atoms with Crippen LogP contribution in [0, 0.1) is 13.8 Å². The van der Waals surface area contributed by atoms with Crippen molar-refractivity contribution in [1.82, 2.24) is 15.0 Å². The van der Waals surface area contributed by atoms with Crippen molar-refractivity contribution < 1.29 is 14.1 Å². The second-order valence-electron chi connectivity index (χ2n) is 8.53. The molecule has 1 aliphatic carbocycles. The lowest BCUT2D eigenvalue weighted by Crippen LogP contribution is -2.38. The molecule has 1 N–H and O–H groups in total. The van der Waals surface area contributed by atoms with E-state index in [1.807, 2.05) is 13.8 Å². The molecule has 2 aromatic rings. The smallest absolute Gasteiger partial charge is 0.257 e. The van der Waals surface area contributed by atoms with Gasteiger partial charge in [0.15, 0.2) is 0 Å². The standard InChI is InChI=1S/C23H31N3O4/c1-15-18(16(2)30-25-15)14-29-20-13-21(27)26-12-8-4-7-11-19(26)22(20)23(28)24-17-9-5-3-6-10-17/h13,17H,3-12,14H2,1-2H3,(H,24,28). The molecule has 162 valence electrons. The maximum atomic E-state index is 13.4. The number of carbonyl (C=O) groups is 1. The Morgan fingerprint density at radius 1 is 1.20 bits per heavy atom. The largest absolute Gasteiger partial charge is 0.488 e. The molecule has 30 heavy (non-hydrogen) atoms. The highest BCUT2D eigenvalue weighted by molar-refractivity contribution is 5.98. The number of fused-ring (bicyclic) bond motifs is 1. The SMILES string of the molecule is Cc1noc(C)c1COc1cc(=O)n2c(c1C(=O)NC1CCCCC1)CCCCC2. The first-order chi connectivity index (χ1) is 14.5. The predicted octanol–water partition coefficient (Wildman–Crippen LogP) is 3.82. The van der Waals surface area contributed by atoms with Crippen LogP contribution in [0.2, 0.25) is 0 Å². The Morgan fingerprint density at radius 2 is 1.97 bits per heavy atom. The van der Waals surface area contributed by atoms with Gasteiger partial charge in [-0.05, 0) is 46.0 Å². The molecule has 0 saturated heterocycles. The summed E-state index contributed by atoms with van der Waals surface area (Å²) in [6, 6.07) is 1.67. The zero-order valence-corrected chi connectivity index (χ0v) is 18.0. The number of rotatable bonds is 5. The Balaban J connectivity index is 1.68. The van der Waals surface area contributed by atoms with Crippen LogP contribution in [0.4, 0.5) is 0 Å². The van der Waals surface area contributed by atoms with Gasteiger partial charge in [-0.3, -0.25) is 9.59 Å². The van der Waals surface area contributed by atoms with Gasteiger partial charge in [0.1, 0.15) is 23.7 Å². The third-order valence-electron chi connectivity index (χ3n) is 6.40. The van der Waals surface area contributed by atoms with E-state index < -0.39 is 0 Å². The summed E-state index contributed by atoms with van der Waals surface area (Å²) in [6.45, 7) is 4.56. The number of amides is 1. The van der Waals surface area contributed by atoms with Crippen LogP contribution in [0.15, 0.2) is 15.4 Å². The number of nitrogens with zero attached hydrogens (tertiary/aromatic N) is 2. The summed E-state index contributed by atoms with van der Waals surface area (Å²) in [7, 11) is 0. The Kier molecular flexibility index (Phi) is 6.25. The molecular formula is C23H31N3O4. The maximum absolute atomic E-state index is 13.4. The summed E-state index contributed by atoms with van der Waals surface area (Å²) in [4.78, 5) is 26.2. The quantitative estimate of drug-likeness (QED) is 0.805. The first-order valence-electron chi connectivity index (χ1n) is 11.2. The lowest BCUT2D eigenvalue weighted by molar-refractivity contribution is 0.0920. The number of nitrogens with one attached hydrogen (secondary N) is 1. The summed E-state index contributed by atoms with van der Waals surface area (Å²) in [5.41, 5.74) is 2.83. The van der Waals surface area contributed by atoms with Crippen LogP contribution in [0.1, 0.15) is 84.4 Å². The van der Waals surface area contributed by atoms with Crippen molar-refractivity contribution in [2.75, 3.05) is 0 Å². The minimum absolute atomic E-state index is 0.102. The van der Waals surface area contributed by atoms with Gasteiger partial charge in [0.25, 0.3) is 11.5 Å². The number of aryl methyl sites for hydroxylation is 2. The highest BCUT2D eigenvalue weighted by Gasteiger charge is 2.26. The number of ether oxygens (including phenoxy) is 1. The zero-order valence-electron chi connectivity index (χ0n) is 18.0. The van der Waals surface area contributed by atoms with E-state index in [2.05, 4.69) is 10.5 Å². The first kappa shape index (κ1) is 20.7. The third kappa shape index (κ3) is 4.30. The van der Waals surface area contributed by atoms with Crippen molar-refractivity contribution in [3.05, 3.63) is 44.7 Å². The molecule has 1 saturated carbocycles. The van der Waals surface area contributed by atoms with Crippen molar-refractivity contribution >= 4 is 5.91 Å². The second kappa shape index (κ2) is 9.06. The summed E-state index contributed by atoms with van der Waals surface area (Å²) < 4.78 is 13.1. The van der Waals surface area contributed by atoms with Crippen molar-refractivity contribution in [2.24, 2.45) is 0 Å². The van der Waals surface area contributed by atoms with Crippen molar-refractivity contribution in [3.63, 3.8) is 0 Å². The Hall–Kier alpha value is -2.57. The van der Waals surface area contributed by atoms with E-state index in [1.165, 1.54) is 12.5 Å². The van der Waals surface area contributed by atoms with Gasteiger partial charge >= 0.3 is 0 Å². The van der Waals surface area contributed by atoms with E-state index >= 15 is 0 Å². The van der Waals surface area contributed by atoms with Crippen LogP contribution < -0.4 is 15.6 Å². The summed E-state index contributed by atoms with van der Waals surface area (Å²) >= 11 is 0. The number of carbonyl (C=O) groups excluding carboxylic acids is 1. The topological polar surface area (TPSA) is 86.4 Å². The molecule has 7 heteroatoms. The molecule has 1 aliphatic heterocycles. The predicted molar refractivity (Wildman–Crippen MR) is 113 cm³/mol. The normalized spacial score (nSPS) is 17.3. The lowest BCUT2D eigenvalue weighted by atomic mass is 9.95. The van der Waals surface area contributed by atoms with Crippen LogP contribution in [0.5, 0.6) is 5.75 Å². The Morgan fingerprint density at radius 3 is 2.70 bits per heavy atom. The minimum Gasteiger partial charge on any atom is -0.488 e. The van der Waals surface area contributed by atoms with Gasteiger partial charge in [-0.1, -0.05) is 30.8 Å². The molecular weight excluding hydrogens is 382 g/mol. The van der Waals surface area contributed by atoms with E-state index in [0.717, 1.165) is 61.9 Å². The monoisotopic (exact) mass is 413 g/mol. The van der Waals surface area contributed by atoms with E-state index in [0.29, 0.717) is 30.0 Å². The first-order valence-corrected chi connectivity index (χ1v) is 11.2. The molecule has 0 radical (unpaired) electrons. The number of hydrogen-bond donors (Lipinski definition) is 1. The summed E-state index contributed by atoms with van der Waals surface area (Å²) in [5.74, 6) is 0.926. The van der Waals surface area contributed by atoms with E-state index in [9.17, 15) is 9.59 Å². The zero-order chi connectivity index (χ0) is 21.1. The van der Waals surface area contributed by atoms with Gasteiger partial charge in [0, 0.05) is 24.3 Å². The van der Waals surface area contributed by atoms with Crippen molar-refractivity contribution in [3.8, 4) is 5.75 Å². The number of aromatic nitrogens is 2. The molecule has 0 aromatic carbocycles. The average Bonchev–Trinajstić information content (AvgIpc) is 2.92. The summed E-state index contributed by atoms with van der Waals surface area (Å²) in [6.07, 6.45) is 9.23. The molecule has 7 nitrogen and oxygen atoms in total. The number of pyridine rings is 1. The second-order valence-corrected chi connectivity index (χ2v) is 8.53. The molecule has 3 heterocycles. The molecule has 0 bridgehead atoms. The molecule has 1 fully saturated rings. The van der Waals surface area contributed by atoms with Gasteiger partial charge in [-0.25, -0.2) is 0 Å². The summed E-state index contributed by atoms with van der Waals surface area (Å²) in [5, 5.41) is 7.18. The fourth-order valence-corrected chi connectivity index (χ4v) is 4.64. The van der Waals surface area contributed by atoms with Gasteiger partial charge in [0.05, 0.1) is 11.3 Å². The highest BCUT2D eigenvalue weighted by atomic mass is 16.5. The van der Waals surface area contributed by atoms with Gasteiger partial charge in [-0.15, -0.1) is 0 Å². The van der Waals surface area contributed by atoms with Gasteiger partial charge in [0.2, 0.25) is 0 Å². The van der Waals surface area contributed by atoms with Crippen LogP contribution in [-0.2, 0) is 19.6 Å². The molecule has 4 rings (SSSR count). The molecule has 0 atom stereocenters. The highest BCUT2D eigenvalue weighted by Crippen LogP contribution is 2.27. The van der Waals surface area contributed by atoms with Crippen LogP contribution in [-0.4, -0.2) is 21.7 Å². The van der Waals surface area contributed by atoms with Gasteiger partial charge < -0.3 is 19.1 Å². The van der Waals surface area contributed by atoms with E-state index in [1.54, 1.807) is 4.57 Å². The molecule has 2 aromatic heterocycles. The van der Waals surface area contributed by atoms with Crippen molar-refractivity contribution in [1.29, 1.82) is 0 Å². The lowest BCUT2D eigenvalue weighted by Gasteiger charge is -2.25.